The van der Waals surface area contributed by atoms with Gasteiger partial charge in [-0.05, 0) is 12.8 Å². The molecule has 4 N–H and O–H groups in total. The number of nitrogens with two attached hydrogens (primary N) is 1. The first-order valence-corrected chi connectivity index (χ1v) is 10.1. The van der Waals surface area contributed by atoms with Crippen molar-refractivity contribution >= 4 is 34.7 Å². The largest absolute Gasteiger partial charge is 0.481 e. The van der Waals surface area contributed by atoms with Gasteiger partial charge in [-0.1, -0.05) is 13.8 Å². The molecule has 0 aliphatic carbocycles. The van der Waals surface area contributed by atoms with E-state index in [1.807, 2.05) is 13.8 Å². The first-order valence-electron chi connectivity index (χ1n) is 10.1. The van der Waals surface area contributed by atoms with Gasteiger partial charge >= 0.3 is 5.97 Å². The Morgan fingerprint density at radius 2 is 1.88 bits per heavy atom. The number of rotatable bonds is 4. The maximum absolute atomic E-state index is 14.6. The summed E-state index contributed by atoms with van der Waals surface area (Å²) in [5, 5.41) is 15.6. The molecule has 1 saturated heterocycles. The van der Waals surface area contributed by atoms with Gasteiger partial charge in [-0.3, -0.25) is 14.6 Å². The van der Waals surface area contributed by atoms with Gasteiger partial charge in [-0.15, -0.1) is 5.10 Å². The highest BCUT2D eigenvalue weighted by Gasteiger charge is 2.28. The van der Waals surface area contributed by atoms with Gasteiger partial charge in [0, 0.05) is 13.1 Å². The molecule has 1 aliphatic rings. The Bertz CT molecular complexity index is 1140. The Kier molecular flexibility index (Phi) is 6.81. The standard InChI is InChI=1S/C18H17F2N7O3.C2H6/c19-10-5-23-16-13(15(21)25-27(16)8-10)17(28)24-12-7-22-6-11(20)14(12)26-3-1-9(2-4-26)18(29)30;1-2/h5-9H,1-4H2,(H2,21,25)(H,24,28)(H,29,30);1-2H3. The first kappa shape index (κ1) is 22.8. The molecule has 3 aromatic rings. The summed E-state index contributed by atoms with van der Waals surface area (Å²) in [6, 6.07) is 0. The van der Waals surface area contributed by atoms with Gasteiger partial charge in [0.1, 0.15) is 11.3 Å². The number of piperidine rings is 1. The second-order valence-electron chi connectivity index (χ2n) is 6.87. The van der Waals surface area contributed by atoms with Crippen LogP contribution >= 0.6 is 0 Å². The van der Waals surface area contributed by atoms with Crippen LogP contribution in [0.4, 0.5) is 26.0 Å². The lowest BCUT2D eigenvalue weighted by Crippen LogP contribution is -2.37. The van der Waals surface area contributed by atoms with Gasteiger partial charge < -0.3 is 21.1 Å². The fourth-order valence-electron chi connectivity index (χ4n) is 3.52. The molecule has 0 spiro atoms. The normalized spacial score (nSPS) is 14.1. The van der Waals surface area contributed by atoms with Crippen LogP contribution in [-0.4, -0.2) is 49.7 Å². The maximum Gasteiger partial charge on any atom is 0.306 e. The average molecular weight is 447 g/mol. The van der Waals surface area contributed by atoms with Crippen molar-refractivity contribution in [2.75, 3.05) is 29.0 Å². The van der Waals surface area contributed by atoms with Gasteiger partial charge in [0.05, 0.1) is 36.4 Å². The van der Waals surface area contributed by atoms with Gasteiger partial charge in [0.25, 0.3) is 5.91 Å². The van der Waals surface area contributed by atoms with Crippen molar-refractivity contribution in [3.05, 3.63) is 42.0 Å². The molecule has 0 aromatic carbocycles. The highest BCUT2D eigenvalue weighted by molar-refractivity contribution is 6.12. The number of nitrogens with one attached hydrogen (secondary N) is 1. The summed E-state index contributed by atoms with van der Waals surface area (Å²) in [5.41, 5.74) is 5.95. The van der Waals surface area contributed by atoms with Crippen LogP contribution < -0.4 is 16.0 Å². The van der Waals surface area contributed by atoms with Gasteiger partial charge in [0.2, 0.25) is 0 Å². The molecule has 1 amide bonds. The van der Waals surface area contributed by atoms with E-state index < -0.39 is 29.4 Å². The summed E-state index contributed by atoms with van der Waals surface area (Å²) in [4.78, 5) is 33.3. The number of anilines is 3. The number of hydrogen-bond donors (Lipinski definition) is 3. The fraction of sp³-hybridized carbons (Fsp3) is 0.350. The highest BCUT2D eigenvalue weighted by Crippen LogP contribution is 2.32. The number of amides is 1. The maximum atomic E-state index is 14.6. The predicted molar refractivity (Wildman–Crippen MR) is 113 cm³/mol. The van der Waals surface area contributed by atoms with Crippen molar-refractivity contribution in [3.63, 3.8) is 0 Å². The van der Waals surface area contributed by atoms with Crippen LogP contribution in [0.3, 0.4) is 0 Å². The molecule has 0 bridgehead atoms. The summed E-state index contributed by atoms with van der Waals surface area (Å²) in [5.74, 6) is -3.57. The molecule has 1 fully saturated rings. The third kappa shape index (κ3) is 4.43. The number of aliphatic carboxylic acids is 1. The summed E-state index contributed by atoms with van der Waals surface area (Å²) in [6.07, 6.45) is 4.95. The molecule has 12 heteroatoms. The molecule has 4 heterocycles. The van der Waals surface area contributed by atoms with E-state index in [0.29, 0.717) is 25.9 Å². The minimum Gasteiger partial charge on any atom is -0.481 e. The van der Waals surface area contributed by atoms with Crippen molar-refractivity contribution in [1.82, 2.24) is 19.6 Å². The Labute approximate surface area is 182 Å². The summed E-state index contributed by atoms with van der Waals surface area (Å²) in [7, 11) is 0. The van der Waals surface area contributed by atoms with Crippen molar-refractivity contribution in [2.45, 2.75) is 26.7 Å². The number of carboxylic acids is 1. The number of nitrogen functional groups attached to an aromatic ring is 1. The number of pyridine rings is 1. The molecule has 32 heavy (non-hydrogen) atoms. The minimum absolute atomic E-state index is 0.0413. The molecule has 0 saturated carbocycles. The lowest BCUT2D eigenvalue weighted by molar-refractivity contribution is -0.142. The molecule has 170 valence electrons. The minimum atomic E-state index is -0.883. The molecule has 0 radical (unpaired) electrons. The Balaban J connectivity index is 0.00000141. The van der Waals surface area contributed by atoms with Crippen LogP contribution in [0.2, 0.25) is 0 Å². The number of nitrogens with zero attached hydrogens (tertiary/aromatic N) is 5. The molecule has 10 nitrogen and oxygen atoms in total. The summed E-state index contributed by atoms with van der Waals surface area (Å²) < 4.78 is 29.0. The second-order valence-corrected chi connectivity index (χ2v) is 6.87. The molecular formula is C20H23F2N7O3. The number of halogens is 2. The topological polar surface area (TPSA) is 139 Å². The lowest BCUT2D eigenvalue weighted by Gasteiger charge is -2.33. The van der Waals surface area contributed by atoms with E-state index in [9.17, 15) is 18.4 Å². The van der Waals surface area contributed by atoms with Crippen molar-refractivity contribution in [3.8, 4) is 0 Å². The highest BCUT2D eigenvalue weighted by atomic mass is 19.1. The van der Waals surface area contributed by atoms with Gasteiger partial charge in [-0.25, -0.2) is 18.3 Å². The van der Waals surface area contributed by atoms with Crippen LogP contribution in [0.5, 0.6) is 0 Å². The number of hydrogen-bond acceptors (Lipinski definition) is 7. The van der Waals surface area contributed by atoms with E-state index >= 15 is 0 Å². The Morgan fingerprint density at radius 1 is 1.19 bits per heavy atom. The van der Waals surface area contributed by atoms with E-state index in [4.69, 9.17) is 10.8 Å². The second kappa shape index (κ2) is 9.54. The Hall–Kier alpha value is -3.83. The number of fused-ring (bicyclic) bond motifs is 1. The van der Waals surface area contributed by atoms with E-state index in [1.54, 1.807) is 4.90 Å². The molecule has 3 aromatic heterocycles. The molecule has 4 rings (SSSR count). The van der Waals surface area contributed by atoms with Crippen molar-refractivity contribution in [2.24, 2.45) is 5.92 Å². The zero-order chi connectivity index (χ0) is 23.4. The van der Waals surface area contributed by atoms with E-state index in [1.165, 1.54) is 6.20 Å². The SMILES string of the molecule is CC.Nc1nn2cc(F)cnc2c1C(=O)Nc1cncc(F)c1N1CCC(C(=O)O)CC1. The average Bonchev–Trinajstić information content (AvgIpc) is 3.10. The molecule has 0 unspecified atom stereocenters. The number of carbonyl (C=O) groups excluding carboxylic acids is 1. The quantitative estimate of drug-likeness (QED) is 0.555. The number of aromatic nitrogens is 4. The smallest absolute Gasteiger partial charge is 0.306 e. The zero-order valence-electron chi connectivity index (χ0n) is 17.5. The first-order chi connectivity index (χ1) is 15.3. The summed E-state index contributed by atoms with van der Waals surface area (Å²) in [6.45, 7) is 4.61. The molecular weight excluding hydrogens is 424 g/mol. The number of carbonyl (C=O) groups is 2. The van der Waals surface area contributed by atoms with Crippen LogP contribution in [0.1, 0.15) is 37.0 Å². The third-order valence-corrected chi connectivity index (χ3v) is 4.98. The van der Waals surface area contributed by atoms with E-state index in [0.717, 1.165) is 23.1 Å². The zero-order valence-corrected chi connectivity index (χ0v) is 17.5. The number of carboxylic acid groups (broad SMARTS) is 1. The van der Waals surface area contributed by atoms with E-state index in [-0.39, 0.29) is 28.4 Å². The van der Waals surface area contributed by atoms with Crippen LogP contribution in [0.15, 0.2) is 24.8 Å². The fourth-order valence-corrected chi connectivity index (χ4v) is 3.52. The molecule has 1 aliphatic heterocycles. The third-order valence-electron chi connectivity index (χ3n) is 4.98. The summed E-state index contributed by atoms with van der Waals surface area (Å²) >= 11 is 0. The predicted octanol–water partition coefficient (Wildman–Crippen LogP) is 2.56. The monoisotopic (exact) mass is 447 g/mol. The Morgan fingerprint density at radius 3 is 2.53 bits per heavy atom. The van der Waals surface area contributed by atoms with Gasteiger partial charge in [-0.2, -0.15) is 0 Å². The van der Waals surface area contributed by atoms with E-state index in [2.05, 4.69) is 20.4 Å². The van der Waals surface area contributed by atoms with Crippen molar-refractivity contribution < 1.29 is 23.5 Å². The van der Waals surface area contributed by atoms with Crippen LogP contribution in [0.25, 0.3) is 5.65 Å². The van der Waals surface area contributed by atoms with Crippen molar-refractivity contribution in [1.29, 1.82) is 0 Å². The van der Waals surface area contributed by atoms with Crippen LogP contribution in [-0.2, 0) is 4.79 Å². The van der Waals surface area contributed by atoms with Gasteiger partial charge in [0.15, 0.2) is 23.1 Å². The van der Waals surface area contributed by atoms with Crippen LogP contribution in [0, 0.1) is 17.6 Å². The lowest BCUT2D eigenvalue weighted by atomic mass is 9.96. The molecule has 0 atom stereocenters.